The third-order valence-electron chi connectivity index (χ3n) is 2.71. The smallest absolute Gasteiger partial charge is 0.323 e. The summed E-state index contributed by atoms with van der Waals surface area (Å²) in [6, 6.07) is 12.5. The molecule has 0 unspecified atom stereocenters. The summed E-state index contributed by atoms with van der Waals surface area (Å²) in [5.74, 6) is -0.487. The Morgan fingerprint density at radius 1 is 1.10 bits per heavy atom. The number of urea groups is 1. The fourth-order valence-electron chi connectivity index (χ4n) is 1.75. The number of amides is 2. The van der Waals surface area contributed by atoms with Crippen molar-refractivity contribution in [3.8, 4) is 0 Å². The van der Waals surface area contributed by atoms with Crippen molar-refractivity contribution >= 4 is 34.6 Å². The fourth-order valence-corrected chi connectivity index (χ4v) is 1.92. The van der Waals surface area contributed by atoms with Crippen LogP contribution in [0.15, 0.2) is 48.5 Å². The van der Waals surface area contributed by atoms with Crippen LogP contribution in [0, 0.1) is 5.82 Å². The summed E-state index contributed by atoms with van der Waals surface area (Å²) < 4.78 is 13.4. The molecular formula is C15H14FN3OS. The molecule has 108 valence electrons. The highest BCUT2D eigenvalue weighted by molar-refractivity contribution is 7.80. The van der Waals surface area contributed by atoms with Gasteiger partial charge in [0.2, 0.25) is 0 Å². The van der Waals surface area contributed by atoms with E-state index >= 15 is 0 Å². The van der Waals surface area contributed by atoms with E-state index in [1.54, 1.807) is 24.3 Å². The third-order valence-corrected chi connectivity index (χ3v) is 2.86. The maximum Gasteiger partial charge on any atom is 0.323 e. The molecule has 0 aromatic heterocycles. The van der Waals surface area contributed by atoms with Crippen LogP contribution in [0.25, 0.3) is 0 Å². The number of hydrogen-bond acceptors (Lipinski definition) is 2. The van der Waals surface area contributed by atoms with E-state index < -0.39 is 11.8 Å². The van der Waals surface area contributed by atoms with Crippen molar-refractivity contribution in [2.45, 2.75) is 6.42 Å². The maximum atomic E-state index is 13.4. The molecule has 2 amide bonds. The predicted molar refractivity (Wildman–Crippen MR) is 86.0 cm³/mol. The molecule has 21 heavy (non-hydrogen) atoms. The van der Waals surface area contributed by atoms with Crippen LogP contribution in [-0.2, 0) is 6.42 Å². The summed E-state index contributed by atoms with van der Waals surface area (Å²) in [4.78, 5) is 12.2. The lowest BCUT2D eigenvalue weighted by molar-refractivity contribution is 0.262. The van der Waals surface area contributed by atoms with Gasteiger partial charge in [0.1, 0.15) is 5.82 Å². The Hall–Kier alpha value is -2.47. The van der Waals surface area contributed by atoms with E-state index in [-0.39, 0.29) is 5.69 Å². The van der Waals surface area contributed by atoms with Gasteiger partial charge in [-0.1, -0.05) is 36.5 Å². The second kappa shape index (κ2) is 6.81. The summed E-state index contributed by atoms with van der Waals surface area (Å²) in [7, 11) is 0. The topological polar surface area (TPSA) is 67.1 Å². The number of benzene rings is 2. The number of nitrogens with one attached hydrogen (secondary N) is 2. The fraction of sp³-hybridized carbons (Fsp3) is 0.0667. The summed E-state index contributed by atoms with van der Waals surface area (Å²) in [5.41, 5.74) is 7.14. The summed E-state index contributed by atoms with van der Waals surface area (Å²) in [6.07, 6.45) is 0.511. The molecule has 2 aromatic carbocycles. The van der Waals surface area contributed by atoms with Crippen LogP contribution in [0.5, 0.6) is 0 Å². The standard InChI is InChI=1S/C15H14FN3OS/c16-12-3-1-2-4-13(12)19-15(20)18-11-7-5-10(6-8-11)9-14(17)21/h1-8H,9H2,(H2,17,21)(H2,18,19,20). The summed E-state index contributed by atoms with van der Waals surface area (Å²) in [5, 5.41) is 5.06. The Kier molecular flexibility index (Phi) is 4.84. The van der Waals surface area contributed by atoms with Crippen LogP contribution in [0.4, 0.5) is 20.6 Å². The van der Waals surface area contributed by atoms with Gasteiger partial charge in [0.15, 0.2) is 0 Å². The molecule has 4 N–H and O–H groups in total. The number of rotatable bonds is 4. The molecule has 0 spiro atoms. The number of hydrogen-bond donors (Lipinski definition) is 3. The van der Waals surface area contributed by atoms with Gasteiger partial charge in [0.05, 0.1) is 10.7 Å². The van der Waals surface area contributed by atoms with Gasteiger partial charge in [-0.3, -0.25) is 0 Å². The van der Waals surface area contributed by atoms with Crippen LogP contribution >= 0.6 is 12.2 Å². The van der Waals surface area contributed by atoms with Crippen LogP contribution in [0.2, 0.25) is 0 Å². The first-order valence-electron chi connectivity index (χ1n) is 6.24. The molecule has 0 saturated heterocycles. The summed E-state index contributed by atoms with van der Waals surface area (Å²) >= 11 is 4.83. The number of halogens is 1. The average Bonchev–Trinajstić information content (AvgIpc) is 2.43. The van der Waals surface area contributed by atoms with E-state index in [0.29, 0.717) is 17.1 Å². The van der Waals surface area contributed by atoms with Gasteiger partial charge in [-0.05, 0) is 29.8 Å². The van der Waals surface area contributed by atoms with Crippen LogP contribution in [0.3, 0.4) is 0 Å². The molecule has 0 aliphatic heterocycles. The van der Waals surface area contributed by atoms with Crippen LogP contribution < -0.4 is 16.4 Å². The molecule has 2 aromatic rings. The van der Waals surface area contributed by atoms with E-state index in [4.69, 9.17) is 18.0 Å². The number of nitrogens with two attached hydrogens (primary N) is 1. The second-order valence-electron chi connectivity index (χ2n) is 4.40. The van der Waals surface area contributed by atoms with Gasteiger partial charge in [0, 0.05) is 12.1 Å². The van der Waals surface area contributed by atoms with Gasteiger partial charge in [0.25, 0.3) is 0 Å². The number of thiocarbonyl (C=S) groups is 1. The Labute approximate surface area is 127 Å². The molecular weight excluding hydrogens is 289 g/mol. The lowest BCUT2D eigenvalue weighted by Crippen LogP contribution is -2.20. The Morgan fingerprint density at radius 2 is 1.76 bits per heavy atom. The van der Waals surface area contributed by atoms with E-state index in [1.165, 1.54) is 12.1 Å². The Morgan fingerprint density at radius 3 is 2.38 bits per heavy atom. The zero-order valence-corrected chi connectivity index (χ0v) is 11.9. The molecule has 2 rings (SSSR count). The van der Waals surface area contributed by atoms with Crippen LogP contribution in [0.1, 0.15) is 5.56 Å². The lowest BCUT2D eigenvalue weighted by atomic mass is 10.1. The normalized spacial score (nSPS) is 9.95. The van der Waals surface area contributed by atoms with E-state index in [9.17, 15) is 9.18 Å². The number of para-hydroxylation sites is 1. The molecule has 4 nitrogen and oxygen atoms in total. The minimum Gasteiger partial charge on any atom is -0.393 e. The molecule has 0 saturated carbocycles. The monoisotopic (exact) mass is 303 g/mol. The predicted octanol–water partition coefficient (Wildman–Crippen LogP) is 3.30. The summed E-state index contributed by atoms with van der Waals surface area (Å²) in [6.45, 7) is 0. The molecule has 0 atom stereocenters. The van der Waals surface area contributed by atoms with Crippen molar-refractivity contribution in [3.05, 3.63) is 59.9 Å². The lowest BCUT2D eigenvalue weighted by Gasteiger charge is -2.09. The first kappa shape index (κ1) is 14.9. The van der Waals surface area contributed by atoms with E-state index in [0.717, 1.165) is 5.56 Å². The minimum absolute atomic E-state index is 0.125. The van der Waals surface area contributed by atoms with Gasteiger partial charge in [-0.15, -0.1) is 0 Å². The maximum absolute atomic E-state index is 13.4. The average molecular weight is 303 g/mol. The van der Waals surface area contributed by atoms with Gasteiger partial charge in [-0.2, -0.15) is 0 Å². The van der Waals surface area contributed by atoms with Crippen LogP contribution in [-0.4, -0.2) is 11.0 Å². The Bertz CT molecular complexity index is 658. The third kappa shape index (κ3) is 4.54. The molecule has 6 heteroatoms. The molecule has 0 aliphatic rings. The van der Waals surface area contributed by atoms with Crippen molar-refractivity contribution in [2.24, 2.45) is 5.73 Å². The number of carbonyl (C=O) groups excluding carboxylic acids is 1. The van der Waals surface area contributed by atoms with E-state index in [1.807, 2.05) is 12.1 Å². The van der Waals surface area contributed by atoms with E-state index in [2.05, 4.69) is 10.6 Å². The van der Waals surface area contributed by atoms with Gasteiger partial charge in [-0.25, -0.2) is 9.18 Å². The zero-order chi connectivity index (χ0) is 15.2. The number of carbonyl (C=O) groups is 1. The van der Waals surface area contributed by atoms with Crippen molar-refractivity contribution in [1.29, 1.82) is 0 Å². The van der Waals surface area contributed by atoms with Crippen molar-refractivity contribution in [3.63, 3.8) is 0 Å². The van der Waals surface area contributed by atoms with Crippen molar-refractivity contribution in [2.75, 3.05) is 10.6 Å². The SMILES string of the molecule is NC(=S)Cc1ccc(NC(=O)Nc2ccccc2F)cc1. The first-order valence-corrected chi connectivity index (χ1v) is 6.65. The highest BCUT2D eigenvalue weighted by Crippen LogP contribution is 2.14. The molecule has 0 aliphatic carbocycles. The molecule has 0 bridgehead atoms. The second-order valence-corrected chi connectivity index (χ2v) is 4.92. The Balaban J connectivity index is 1.96. The first-order chi connectivity index (χ1) is 10.0. The molecule has 0 heterocycles. The van der Waals surface area contributed by atoms with Gasteiger partial charge < -0.3 is 16.4 Å². The highest BCUT2D eigenvalue weighted by atomic mass is 32.1. The highest BCUT2D eigenvalue weighted by Gasteiger charge is 2.06. The van der Waals surface area contributed by atoms with Crippen molar-refractivity contribution < 1.29 is 9.18 Å². The number of anilines is 2. The quantitative estimate of drug-likeness (QED) is 0.759. The minimum atomic E-state index is -0.512. The largest absolute Gasteiger partial charge is 0.393 e. The zero-order valence-electron chi connectivity index (χ0n) is 11.1. The molecule has 0 radical (unpaired) electrons. The molecule has 0 fully saturated rings. The van der Waals surface area contributed by atoms with Crippen molar-refractivity contribution in [1.82, 2.24) is 0 Å². The van der Waals surface area contributed by atoms with Gasteiger partial charge >= 0.3 is 6.03 Å².